The minimum absolute atomic E-state index is 0.0279. The van der Waals surface area contributed by atoms with E-state index >= 15 is 0 Å². The molecule has 0 unspecified atom stereocenters. The van der Waals surface area contributed by atoms with Gasteiger partial charge in [0, 0.05) is 5.02 Å². The minimum atomic E-state index is -1.20. The number of amides is 3. The Morgan fingerprint density at radius 2 is 1.72 bits per heavy atom. The molecular weight excluding hydrogens is 392 g/mol. The van der Waals surface area contributed by atoms with E-state index in [1.54, 1.807) is 31.2 Å². The van der Waals surface area contributed by atoms with Crippen molar-refractivity contribution in [2.45, 2.75) is 39.3 Å². The molecule has 0 aromatic heterocycles. The van der Waals surface area contributed by atoms with Crippen LogP contribution in [0.4, 0.5) is 4.79 Å². The SMILES string of the molecule is Cc1ccc(C)c(OC[C@@H](O)CN2C(=O)N[C@](C)(c3ccc(Cl)cc3)C2=O)c1C. The lowest BCUT2D eigenvalue weighted by Gasteiger charge is -2.23. The minimum Gasteiger partial charge on any atom is -0.490 e. The van der Waals surface area contributed by atoms with Crippen molar-refractivity contribution < 1.29 is 19.4 Å². The predicted molar refractivity (Wildman–Crippen MR) is 111 cm³/mol. The maximum absolute atomic E-state index is 12.9. The molecule has 0 saturated carbocycles. The van der Waals surface area contributed by atoms with Crippen molar-refractivity contribution in [2.75, 3.05) is 13.2 Å². The number of ether oxygens (including phenoxy) is 1. The number of halogens is 1. The third kappa shape index (κ3) is 4.09. The van der Waals surface area contributed by atoms with Gasteiger partial charge in [0.1, 0.15) is 24.0 Å². The Kier molecular flexibility index (Phi) is 5.87. The Labute approximate surface area is 175 Å². The molecule has 1 fully saturated rings. The van der Waals surface area contributed by atoms with Gasteiger partial charge in [-0.25, -0.2) is 4.79 Å². The van der Waals surface area contributed by atoms with Crippen molar-refractivity contribution in [1.29, 1.82) is 0 Å². The molecule has 154 valence electrons. The molecule has 29 heavy (non-hydrogen) atoms. The predicted octanol–water partition coefficient (Wildman–Crippen LogP) is 3.47. The van der Waals surface area contributed by atoms with E-state index in [-0.39, 0.29) is 13.2 Å². The summed E-state index contributed by atoms with van der Waals surface area (Å²) >= 11 is 5.91. The second-order valence-corrected chi connectivity index (χ2v) is 8.03. The van der Waals surface area contributed by atoms with Crippen LogP contribution in [-0.2, 0) is 10.3 Å². The molecule has 2 N–H and O–H groups in total. The van der Waals surface area contributed by atoms with Gasteiger partial charge < -0.3 is 15.2 Å². The normalized spacial score (nSPS) is 20.0. The van der Waals surface area contributed by atoms with Crippen LogP contribution >= 0.6 is 11.6 Å². The zero-order valence-corrected chi connectivity index (χ0v) is 17.7. The van der Waals surface area contributed by atoms with E-state index in [1.807, 2.05) is 32.9 Å². The molecule has 0 spiro atoms. The van der Waals surface area contributed by atoms with E-state index in [4.69, 9.17) is 16.3 Å². The number of aliphatic hydroxyl groups is 1. The second kappa shape index (κ2) is 8.05. The molecule has 2 atom stereocenters. The number of benzene rings is 2. The number of hydrogen-bond donors (Lipinski definition) is 2. The van der Waals surface area contributed by atoms with Crippen molar-refractivity contribution in [3.05, 3.63) is 63.7 Å². The number of nitrogens with one attached hydrogen (secondary N) is 1. The van der Waals surface area contributed by atoms with Gasteiger partial charge in [-0.15, -0.1) is 0 Å². The monoisotopic (exact) mass is 416 g/mol. The summed E-state index contributed by atoms with van der Waals surface area (Å²) in [7, 11) is 0. The molecule has 0 bridgehead atoms. The number of aliphatic hydroxyl groups excluding tert-OH is 1. The van der Waals surface area contributed by atoms with Crippen LogP contribution in [0.3, 0.4) is 0 Å². The van der Waals surface area contributed by atoms with Gasteiger partial charge in [0.05, 0.1) is 6.54 Å². The average molecular weight is 417 g/mol. The zero-order chi connectivity index (χ0) is 21.3. The van der Waals surface area contributed by atoms with Crippen LogP contribution in [0.2, 0.25) is 5.02 Å². The number of urea groups is 1. The molecule has 7 heteroatoms. The van der Waals surface area contributed by atoms with Gasteiger partial charge in [-0.2, -0.15) is 0 Å². The Balaban J connectivity index is 1.69. The summed E-state index contributed by atoms with van der Waals surface area (Å²) in [5, 5.41) is 13.7. The molecule has 2 aromatic carbocycles. The molecular formula is C22H25ClN2O4. The number of β-amino-alcohol motifs (C(OH)–C–C–N with tert-alkyl or cyclic N) is 1. The largest absolute Gasteiger partial charge is 0.490 e. The van der Waals surface area contributed by atoms with Crippen LogP contribution in [0.1, 0.15) is 29.2 Å². The Bertz CT molecular complexity index is 945. The van der Waals surface area contributed by atoms with E-state index in [2.05, 4.69) is 5.32 Å². The molecule has 1 saturated heterocycles. The number of imide groups is 1. The van der Waals surface area contributed by atoms with E-state index in [0.29, 0.717) is 16.3 Å². The molecule has 6 nitrogen and oxygen atoms in total. The molecule has 1 heterocycles. The van der Waals surface area contributed by atoms with E-state index in [9.17, 15) is 14.7 Å². The van der Waals surface area contributed by atoms with E-state index in [1.165, 1.54) is 0 Å². The van der Waals surface area contributed by atoms with Gasteiger partial charge in [-0.05, 0) is 62.1 Å². The number of rotatable bonds is 6. The van der Waals surface area contributed by atoms with Crippen LogP contribution in [-0.4, -0.2) is 41.2 Å². The first kappa shape index (κ1) is 21.1. The number of nitrogens with zero attached hydrogens (tertiary/aromatic N) is 1. The first-order valence-corrected chi connectivity index (χ1v) is 9.79. The van der Waals surface area contributed by atoms with Gasteiger partial charge in [0.15, 0.2) is 0 Å². The van der Waals surface area contributed by atoms with Gasteiger partial charge in [-0.1, -0.05) is 35.9 Å². The summed E-state index contributed by atoms with van der Waals surface area (Å²) in [5.41, 5.74) is 2.48. The Morgan fingerprint density at radius 3 is 2.38 bits per heavy atom. The van der Waals surface area contributed by atoms with Gasteiger partial charge in [0.25, 0.3) is 5.91 Å². The summed E-state index contributed by atoms with van der Waals surface area (Å²) in [5.74, 6) is 0.291. The van der Waals surface area contributed by atoms with Gasteiger partial charge in [0.2, 0.25) is 0 Å². The summed E-state index contributed by atoms with van der Waals surface area (Å²) in [6, 6.07) is 10.2. The first-order valence-electron chi connectivity index (χ1n) is 9.41. The van der Waals surface area contributed by atoms with Crippen LogP contribution in [0, 0.1) is 20.8 Å². The molecule has 1 aliphatic heterocycles. The van der Waals surface area contributed by atoms with Crippen molar-refractivity contribution in [1.82, 2.24) is 10.2 Å². The molecule has 2 aromatic rings. The topological polar surface area (TPSA) is 78.9 Å². The van der Waals surface area contributed by atoms with Crippen LogP contribution in [0.25, 0.3) is 0 Å². The number of carbonyl (C=O) groups is 2. The summed E-state index contributed by atoms with van der Waals surface area (Å²) < 4.78 is 5.81. The maximum atomic E-state index is 12.9. The van der Waals surface area contributed by atoms with Crippen LogP contribution in [0.15, 0.2) is 36.4 Å². The lowest BCUT2D eigenvalue weighted by molar-refractivity contribution is -0.132. The summed E-state index contributed by atoms with van der Waals surface area (Å²) in [4.78, 5) is 26.4. The van der Waals surface area contributed by atoms with Crippen molar-refractivity contribution in [2.24, 2.45) is 0 Å². The summed E-state index contributed by atoms with van der Waals surface area (Å²) in [6.45, 7) is 7.33. The highest BCUT2D eigenvalue weighted by atomic mass is 35.5. The highest BCUT2D eigenvalue weighted by molar-refractivity contribution is 6.30. The standard InChI is InChI=1S/C22H25ClN2O4/c1-13-5-6-14(2)19(15(13)3)29-12-18(26)11-25-20(27)22(4,24-21(25)28)16-7-9-17(23)10-8-16/h5-10,18,26H,11-12H2,1-4H3,(H,24,28)/t18-,22+/m0/s1. The highest BCUT2D eigenvalue weighted by Crippen LogP contribution is 2.30. The van der Waals surface area contributed by atoms with E-state index < -0.39 is 23.6 Å². The number of carbonyl (C=O) groups excluding carboxylic acids is 2. The van der Waals surface area contributed by atoms with E-state index in [0.717, 1.165) is 21.6 Å². The molecule has 0 aliphatic carbocycles. The van der Waals surface area contributed by atoms with Gasteiger partial charge in [-0.3, -0.25) is 9.69 Å². The Hall–Kier alpha value is -2.57. The fourth-order valence-electron chi connectivity index (χ4n) is 3.43. The zero-order valence-electron chi connectivity index (χ0n) is 17.0. The smallest absolute Gasteiger partial charge is 0.325 e. The van der Waals surface area contributed by atoms with Crippen molar-refractivity contribution >= 4 is 23.5 Å². The van der Waals surface area contributed by atoms with Crippen LogP contribution in [0.5, 0.6) is 5.75 Å². The molecule has 3 rings (SSSR count). The molecule has 0 radical (unpaired) electrons. The van der Waals surface area contributed by atoms with Crippen molar-refractivity contribution in [3.8, 4) is 5.75 Å². The fraction of sp³-hybridized carbons (Fsp3) is 0.364. The highest BCUT2D eigenvalue weighted by Gasteiger charge is 2.49. The lowest BCUT2D eigenvalue weighted by atomic mass is 9.92. The third-order valence-electron chi connectivity index (χ3n) is 5.38. The van der Waals surface area contributed by atoms with Crippen molar-refractivity contribution in [3.63, 3.8) is 0 Å². The van der Waals surface area contributed by atoms with Gasteiger partial charge >= 0.3 is 6.03 Å². The maximum Gasteiger partial charge on any atom is 0.325 e. The second-order valence-electron chi connectivity index (χ2n) is 7.60. The fourth-order valence-corrected chi connectivity index (χ4v) is 3.56. The number of hydrogen-bond acceptors (Lipinski definition) is 4. The molecule has 3 amide bonds. The molecule has 1 aliphatic rings. The average Bonchev–Trinajstić information content (AvgIpc) is 2.89. The number of aryl methyl sites for hydroxylation is 2. The third-order valence-corrected chi connectivity index (χ3v) is 5.64. The quantitative estimate of drug-likeness (QED) is 0.707. The summed E-state index contributed by atoms with van der Waals surface area (Å²) in [6.07, 6.45) is -1.02. The Morgan fingerprint density at radius 1 is 1.10 bits per heavy atom. The van der Waals surface area contributed by atoms with Crippen LogP contribution < -0.4 is 10.1 Å². The first-order chi connectivity index (χ1) is 13.6. The lowest BCUT2D eigenvalue weighted by Crippen LogP contribution is -2.42.